The zero-order valence-corrected chi connectivity index (χ0v) is 11.8. The highest BCUT2D eigenvalue weighted by Crippen LogP contribution is 2.33. The molecule has 1 heterocycles. The second-order valence-corrected chi connectivity index (χ2v) is 5.01. The Morgan fingerprint density at radius 2 is 2.26 bits per heavy atom. The summed E-state index contributed by atoms with van der Waals surface area (Å²) in [5.41, 5.74) is 2.05. The summed E-state index contributed by atoms with van der Waals surface area (Å²) >= 11 is 0. The number of benzene rings is 1. The first-order valence-electron chi connectivity index (χ1n) is 6.67. The number of methoxy groups -OCH3 is 1. The molecule has 0 radical (unpaired) electrons. The summed E-state index contributed by atoms with van der Waals surface area (Å²) in [4.78, 5) is 11.8. The molecule has 0 saturated heterocycles. The van der Waals surface area contributed by atoms with Crippen molar-refractivity contribution in [2.45, 2.75) is 32.2 Å². The Morgan fingerprint density at radius 3 is 2.95 bits per heavy atom. The molecule has 4 nitrogen and oxygen atoms in total. The minimum absolute atomic E-state index is 0.166. The number of carbonyl (C=O) groups excluding carboxylic acids is 1. The Morgan fingerprint density at radius 1 is 1.47 bits per heavy atom. The third-order valence-corrected chi connectivity index (χ3v) is 3.62. The summed E-state index contributed by atoms with van der Waals surface area (Å²) in [5.74, 6) is 0.695. The first-order valence-corrected chi connectivity index (χ1v) is 6.67. The van der Waals surface area contributed by atoms with Crippen LogP contribution in [-0.2, 0) is 21.5 Å². The van der Waals surface area contributed by atoms with Crippen molar-refractivity contribution in [1.82, 2.24) is 5.32 Å². The molecule has 0 aromatic heterocycles. The van der Waals surface area contributed by atoms with Crippen LogP contribution in [0.4, 0.5) is 0 Å². The zero-order valence-electron chi connectivity index (χ0n) is 11.8. The maximum atomic E-state index is 11.8. The number of hydrogen-bond donors (Lipinski definition) is 1. The SMILES string of the molecule is CCOC(=O)CC1(C)NCCc2cc(OC)ccc21. The number of ether oxygens (including phenoxy) is 2. The molecule has 0 aliphatic carbocycles. The lowest BCUT2D eigenvalue weighted by molar-refractivity contribution is -0.144. The Hall–Kier alpha value is -1.55. The molecule has 0 fully saturated rings. The van der Waals surface area contributed by atoms with E-state index in [0.29, 0.717) is 13.0 Å². The van der Waals surface area contributed by atoms with E-state index in [-0.39, 0.29) is 11.5 Å². The molecule has 0 bridgehead atoms. The summed E-state index contributed by atoms with van der Waals surface area (Å²) in [6.45, 7) is 5.15. The summed E-state index contributed by atoms with van der Waals surface area (Å²) in [6.07, 6.45) is 1.30. The largest absolute Gasteiger partial charge is 0.497 e. The fourth-order valence-electron chi connectivity index (χ4n) is 2.67. The van der Waals surface area contributed by atoms with E-state index < -0.39 is 0 Å². The molecule has 19 heavy (non-hydrogen) atoms. The molecule has 1 aliphatic rings. The Labute approximate surface area is 114 Å². The fourth-order valence-corrected chi connectivity index (χ4v) is 2.67. The molecule has 1 aromatic carbocycles. The van der Waals surface area contributed by atoms with Gasteiger partial charge in [-0.05, 0) is 43.5 Å². The van der Waals surface area contributed by atoms with Gasteiger partial charge >= 0.3 is 5.97 Å². The number of esters is 1. The summed E-state index contributed by atoms with van der Waals surface area (Å²) in [5, 5.41) is 3.44. The predicted octanol–water partition coefficient (Wildman–Crippen LogP) is 2.01. The quantitative estimate of drug-likeness (QED) is 0.844. The van der Waals surface area contributed by atoms with Crippen LogP contribution in [-0.4, -0.2) is 26.2 Å². The molecule has 1 aromatic rings. The van der Waals surface area contributed by atoms with Gasteiger partial charge in [-0.3, -0.25) is 4.79 Å². The molecule has 0 spiro atoms. The van der Waals surface area contributed by atoms with Crippen LogP contribution < -0.4 is 10.1 Å². The van der Waals surface area contributed by atoms with Crippen LogP contribution in [0.15, 0.2) is 18.2 Å². The second-order valence-electron chi connectivity index (χ2n) is 5.01. The third kappa shape index (κ3) is 2.89. The zero-order chi connectivity index (χ0) is 13.9. The maximum Gasteiger partial charge on any atom is 0.307 e. The molecule has 0 saturated carbocycles. The van der Waals surface area contributed by atoms with Crippen LogP contribution in [0.25, 0.3) is 0 Å². The predicted molar refractivity (Wildman–Crippen MR) is 73.3 cm³/mol. The molecule has 4 heteroatoms. The number of hydrogen-bond acceptors (Lipinski definition) is 4. The van der Waals surface area contributed by atoms with Gasteiger partial charge in [-0.25, -0.2) is 0 Å². The van der Waals surface area contributed by atoms with Gasteiger partial charge in [-0.1, -0.05) is 6.07 Å². The lowest BCUT2D eigenvalue weighted by Gasteiger charge is -2.36. The van der Waals surface area contributed by atoms with Crippen molar-refractivity contribution >= 4 is 5.97 Å². The van der Waals surface area contributed by atoms with Gasteiger partial charge in [-0.2, -0.15) is 0 Å². The topological polar surface area (TPSA) is 47.6 Å². The first kappa shape index (κ1) is 13.9. The van der Waals surface area contributed by atoms with Crippen molar-refractivity contribution < 1.29 is 14.3 Å². The van der Waals surface area contributed by atoms with Crippen LogP contribution in [0.3, 0.4) is 0 Å². The summed E-state index contributed by atoms with van der Waals surface area (Å²) < 4.78 is 10.3. The van der Waals surface area contributed by atoms with Gasteiger partial charge in [-0.15, -0.1) is 0 Å². The van der Waals surface area contributed by atoms with Gasteiger partial charge in [0.05, 0.1) is 25.7 Å². The summed E-state index contributed by atoms with van der Waals surface area (Å²) in [6, 6.07) is 6.04. The first-order chi connectivity index (χ1) is 9.09. The number of fused-ring (bicyclic) bond motifs is 1. The van der Waals surface area contributed by atoms with Gasteiger partial charge in [0, 0.05) is 6.54 Å². The molecular weight excluding hydrogens is 242 g/mol. The minimum Gasteiger partial charge on any atom is -0.497 e. The normalized spacial score (nSPS) is 21.6. The van der Waals surface area contributed by atoms with Crippen LogP contribution in [0.1, 0.15) is 31.4 Å². The van der Waals surface area contributed by atoms with Crippen molar-refractivity contribution in [3.8, 4) is 5.75 Å². The van der Waals surface area contributed by atoms with Gasteiger partial charge in [0.15, 0.2) is 0 Å². The van der Waals surface area contributed by atoms with E-state index in [1.54, 1.807) is 7.11 Å². The number of carbonyl (C=O) groups is 1. The van der Waals surface area contributed by atoms with Gasteiger partial charge < -0.3 is 14.8 Å². The lowest BCUT2D eigenvalue weighted by Crippen LogP contribution is -2.46. The van der Waals surface area contributed by atoms with Crippen LogP contribution >= 0.6 is 0 Å². The Bertz CT molecular complexity index is 472. The number of nitrogens with one attached hydrogen (secondary N) is 1. The molecule has 1 atom stereocenters. The molecule has 1 unspecified atom stereocenters. The van der Waals surface area contributed by atoms with Crippen molar-refractivity contribution in [3.05, 3.63) is 29.3 Å². The van der Waals surface area contributed by atoms with Crippen molar-refractivity contribution in [2.75, 3.05) is 20.3 Å². The smallest absolute Gasteiger partial charge is 0.307 e. The van der Waals surface area contributed by atoms with E-state index in [0.717, 1.165) is 24.3 Å². The molecule has 104 valence electrons. The van der Waals surface area contributed by atoms with Crippen molar-refractivity contribution in [1.29, 1.82) is 0 Å². The monoisotopic (exact) mass is 263 g/mol. The van der Waals surface area contributed by atoms with E-state index >= 15 is 0 Å². The standard InChI is InChI=1S/C15H21NO3/c1-4-19-14(17)10-15(2)13-6-5-12(18-3)9-11(13)7-8-16-15/h5-6,9,16H,4,7-8,10H2,1-3H3. The maximum absolute atomic E-state index is 11.8. The molecule has 0 amide bonds. The average molecular weight is 263 g/mol. The van der Waals surface area contributed by atoms with Crippen LogP contribution in [0, 0.1) is 0 Å². The molecule has 1 N–H and O–H groups in total. The van der Waals surface area contributed by atoms with E-state index in [9.17, 15) is 4.79 Å². The van der Waals surface area contributed by atoms with Crippen molar-refractivity contribution in [3.63, 3.8) is 0 Å². The highest BCUT2D eigenvalue weighted by Gasteiger charge is 2.34. The van der Waals surface area contributed by atoms with Gasteiger partial charge in [0.2, 0.25) is 0 Å². The lowest BCUT2D eigenvalue weighted by atomic mass is 9.81. The third-order valence-electron chi connectivity index (χ3n) is 3.62. The highest BCUT2D eigenvalue weighted by molar-refractivity contribution is 5.71. The van der Waals surface area contributed by atoms with Crippen molar-refractivity contribution in [2.24, 2.45) is 0 Å². The van der Waals surface area contributed by atoms with E-state index in [2.05, 4.69) is 11.4 Å². The Balaban J connectivity index is 2.27. The van der Waals surface area contributed by atoms with Gasteiger partial charge in [0.1, 0.15) is 5.75 Å². The molecular formula is C15H21NO3. The summed E-state index contributed by atoms with van der Waals surface area (Å²) in [7, 11) is 1.67. The Kier molecular flexibility index (Phi) is 4.10. The van der Waals surface area contributed by atoms with Gasteiger partial charge in [0.25, 0.3) is 0 Å². The number of rotatable bonds is 4. The molecule has 1 aliphatic heterocycles. The van der Waals surface area contributed by atoms with Crippen LogP contribution in [0.2, 0.25) is 0 Å². The highest BCUT2D eigenvalue weighted by atomic mass is 16.5. The molecule has 2 rings (SSSR count). The van der Waals surface area contributed by atoms with E-state index in [1.165, 1.54) is 5.56 Å². The van der Waals surface area contributed by atoms with Crippen LogP contribution in [0.5, 0.6) is 5.75 Å². The second kappa shape index (κ2) is 5.61. The van der Waals surface area contributed by atoms with E-state index in [1.807, 2.05) is 26.0 Å². The average Bonchev–Trinajstić information content (AvgIpc) is 2.38. The van der Waals surface area contributed by atoms with E-state index in [4.69, 9.17) is 9.47 Å². The fraction of sp³-hybridized carbons (Fsp3) is 0.533. The minimum atomic E-state index is -0.355.